The number of nitrogens with one attached hydrogen (secondary N) is 2. The van der Waals surface area contributed by atoms with Crippen molar-refractivity contribution in [2.24, 2.45) is 11.7 Å². The maximum atomic E-state index is 13.1. The maximum absolute atomic E-state index is 13.1. The lowest BCUT2D eigenvalue weighted by atomic mass is 9.92. The van der Waals surface area contributed by atoms with Gasteiger partial charge in [-0.2, -0.15) is 0 Å². The molecule has 0 bridgehead atoms. The molecule has 4 amide bonds. The van der Waals surface area contributed by atoms with Crippen molar-refractivity contribution in [3.8, 4) is 0 Å². The van der Waals surface area contributed by atoms with E-state index in [-0.39, 0.29) is 18.4 Å². The van der Waals surface area contributed by atoms with E-state index in [0.29, 0.717) is 18.9 Å². The molecule has 7 heteroatoms. The van der Waals surface area contributed by atoms with Crippen molar-refractivity contribution in [3.63, 3.8) is 0 Å². The fraction of sp³-hybridized carbons (Fsp3) is 0.526. The van der Waals surface area contributed by atoms with Gasteiger partial charge in [0.25, 0.3) is 5.91 Å². The van der Waals surface area contributed by atoms with E-state index in [0.717, 1.165) is 35.3 Å². The second kappa shape index (κ2) is 5.81. The minimum Gasteiger partial charge on any atom is -0.348 e. The van der Waals surface area contributed by atoms with Crippen LogP contribution in [0.2, 0.25) is 0 Å². The third-order valence-electron chi connectivity index (χ3n) is 6.05. The normalized spacial score (nSPS) is 26.6. The predicted molar refractivity (Wildman–Crippen MR) is 95.0 cm³/mol. The molecule has 0 aromatic heterocycles. The van der Waals surface area contributed by atoms with Crippen LogP contribution in [0.15, 0.2) is 24.3 Å². The highest BCUT2D eigenvalue weighted by atomic mass is 16.2. The van der Waals surface area contributed by atoms with Crippen LogP contribution in [-0.2, 0) is 21.5 Å². The van der Waals surface area contributed by atoms with Crippen LogP contribution in [0, 0.1) is 5.92 Å². The van der Waals surface area contributed by atoms with Crippen LogP contribution in [0.3, 0.4) is 0 Å². The maximum Gasteiger partial charge on any atom is 0.325 e. The van der Waals surface area contributed by atoms with Gasteiger partial charge in [-0.05, 0) is 49.7 Å². The van der Waals surface area contributed by atoms with Gasteiger partial charge in [0.1, 0.15) is 12.1 Å². The van der Waals surface area contributed by atoms with Crippen molar-refractivity contribution in [1.82, 2.24) is 15.5 Å². The summed E-state index contributed by atoms with van der Waals surface area (Å²) in [5, 5.41) is 5.77. The Balaban J connectivity index is 1.51. The molecule has 2 fully saturated rings. The zero-order chi connectivity index (χ0) is 18.5. The zero-order valence-electron chi connectivity index (χ0n) is 14.9. The molecule has 138 valence electrons. The lowest BCUT2D eigenvalue weighted by Gasteiger charge is -2.30. The number of aryl methyl sites for hydroxylation is 1. The molecule has 4 rings (SSSR count). The summed E-state index contributed by atoms with van der Waals surface area (Å²) in [6.07, 6.45) is 3.33. The van der Waals surface area contributed by atoms with Crippen LogP contribution in [0.1, 0.15) is 37.3 Å². The average Bonchev–Trinajstić information content (AvgIpc) is 3.39. The van der Waals surface area contributed by atoms with E-state index in [1.54, 1.807) is 0 Å². The molecule has 1 saturated heterocycles. The number of carbonyl (C=O) groups is 3. The lowest BCUT2D eigenvalue weighted by Crippen LogP contribution is -2.56. The molecule has 1 spiro atoms. The first kappa shape index (κ1) is 17.0. The van der Waals surface area contributed by atoms with Gasteiger partial charge in [0.05, 0.1) is 5.54 Å². The SMILES string of the molecule is CC(CN)(NC(=O)CN1C(=O)NC2(CCc3ccccc32)C1=O)C1CC1. The van der Waals surface area contributed by atoms with Gasteiger partial charge in [-0.15, -0.1) is 0 Å². The summed E-state index contributed by atoms with van der Waals surface area (Å²) in [7, 11) is 0. The summed E-state index contributed by atoms with van der Waals surface area (Å²) in [6.45, 7) is 1.97. The third kappa shape index (κ3) is 2.49. The van der Waals surface area contributed by atoms with Crippen molar-refractivity contribution < 1.29 is 14.4 Å². The first-order chi connectivity index (χ1) is 12.4. The highest BCUT2D eigenvalue weighted by Gasteiger charge is 2.55. The molecule has 2 atom stereocenters. The number of nitrogens with two attached hydrogens (primary N) is 1. The van der Waals surface area contributed by atoms with Crippen LogP contribution in [0.5, 0.6) is 0 Å². The second-order valence-electron chi connectivity index (χ2n) is 7.83. The van der Waals surface area contributed by atoms with Crippen LogP contribution in [0.4, 0.5) is 4.79 Å². The van der Waals surface area contributed by atoms with E-state index in [1.165, 1.54) is 0 Å². The quantitative estimate of drug-likeness (QED) is 0.673. The van der Waals surface area contributed by atoms with E-state index >= 15 is 0 Å². The van der Waals surface area contributed by atoms with E-state index < -0.39 is 17.1 Å². The van der Waals surface area contributed by atoms with E-state index in [9.17, 15) is 14.4 Å². The number of amides is 4. The van der Waals surface area contributed by atoms with Crippen molar-refractivity contribution >= 4 is 17.8 Å². The number of hydrogen-bond acceptors (Lipinski definition) is 4. The molecular formula is C19H24N4O3. The van der Waals surface area contributed by atoms with Gasteiger partial charge < -0.3 is 16.4 Å². The lowest BCUT2D eigenvalue weighted by molar-refractivity contribution is -0.135. The Morgan fingerprint density at radius 1 is 1.38 bits per heavy atom. The molecule has 2 unspecified atom stereocenters. The predicted octanol–water partition coefficient (Wildman–Crippen LogP) is 0.624. The molecule has 4 N–H and O–H groups in total. The monoisotopic (exact) mass is 356 g/mol. The van der Waals surface area contributed by atoms with E-state index in [2.05, 4.69) is 10.6 Å². The molecule has 0 radical (unpaired) electrons. The molecule has 7 nitrogen and oxygen atoms in total. The summed E-state index contributed by atoms with van der Waals surface area (Å²) >= 11 is 0. The number of carbonyl (C=O) groups excluding carboxylic acids is 3. The Morgan fingerprint density at radius 3 is 2.81 bits per heavy atom. The number of fused-ring (bicyclic) bond motifs is 2. The van der Waals surface area contributed by atoms with Gasteiger partial charge in [-0.25, -0.2) is 4.79 Å². The molecule has 1 heterocycles. The molecule has 1 aromatic rings. The van der Waals surface area contributed by atoms with Crippen molar-refractivity contribution in [2.45, 2.75) is 43.7 Å². The fourth-order valence-electron chi connectivity index (χ4n) is 4.28. The smallest absolute Gasteiger partial charge is 0.325 e. The first-order valence-corrected chi connectivity index (χ1v) is 9.13. The summed E-state index contributed by atoms with van der Waals surface area (Å²) in [6, 6.07) is 7.13. The number of imide groups is 1. The van der Waals surface area contributed by atoms with Gasteiger partial charge >= 0.3 is 6.03 Å². The standard InChI is InChI=1S/C19H24N4O3/c1-18(11-20,13-6-7-13)21-15(24)10-23-16(25)19(22-17(23)26)9-8-12-4-2-3-5-14(12)19/h2-5,13H,6-11,20H2,1H3,(H,21,24)(H,22,26). The topological polar surface area (TPSA) is 105 Å². The Kier molecular flexibility index (Phi) is 3.80. The van der Waals surface area contributed by atoms with Crippen molar-refractivity contribution in [2.75, 3.05) is 13.1 Å². The van der Waals surface area contributed by atoms with Gasteiger partial charge in [0.15, 0.2) is 0 Å². The molecular weight excluding hydrogens is 332 g/mol. The van der Waals surface area contributed by atoms with Crippen LogP contribution in [-0.4, -0.2) is 41.4 Å². The third-order valence-corrected chi connectivity index (χ3v) is 6.05. The largest absolute Gasteiger partial charge is 0.348 e. The molecule has 1 aromatic carbocycles. The second-order valence-corrected chi connectivity index (χ2v) is 7.83. The molecule has 3 aliphatic rings. The van der Waals surface area contributed by atoms with Gasteiger partial charge in [-0.3, -0.25) is 14.5 Å². The summed E-state index contributed by atoms with van der Waals surface area (Å²) in [4.78, 5) is 39.1. The highest BCUT2D eigenvalue weighted by Crippen LogP contribution is 2.41. The zero-order valence-corrected chi connectivity index (χ0v) is 14.9. The van der Waals surface area contributed by atoms with Crippen LogP contribution in [0.25, 0.3) is 0 Å². The van der Waals surface area contributed by atoms with Gasteiger partial charge in [-0.1, -0.05) is 24.3 Å². The number of urea groups is 1. The van der Waals surface area contributed by atoms with Crippen molar-refractivity contribution in [1.29, 1.82) is 0 Å². The van der Waals surface area contributed by atoms with Gasteiger partial charge in [0.2, 0.25) is 5.91 Å². The Bertz CT molecular complexity index is 791. The Labute approximate surface area is 152 Å². The molecule has 2 aliphatic carbocycles. The van der Waals surface area contributed by atoms with Crippen LogP contribution >= 0.6 is 0 Å². The van der Waals surface area contributed by atoms with E-state index in [4.69, 9.17) is 5.73 Å². The Hall–Kier alpha value is -2.41. The summed E-state index contributed by atoms with van der Waals surface area (Å²) < 4.78 is 0. The number of benzene rings is 1. The van der Waals surface area contributed by atoms with Gasteiger partial charge in [0, 0.05) is 6.54 Å². The average molecular weight is 356 g/mol. The van der Waals surface area contributed by atoms with Crippen molar-refractivity contribution in [3.05, 3.63) is 35.4 Å². The minimum atomic E-state index is -1.03. The highest BCUT2D eigenvalue weighted by molar-refractivity contribution is 6.10. The fourth-order valence-corrected chi connectivity index (χ4v) is 4.28. The minimum absolute atomic E-state index is 0.281. The summed E-state index contributed by atoms with van der Waals surface area (Å²) in [5.41, 5.74) is 6.23. The summed E-state index contributed by atoms with van der Waals surface area (Å²) in [5.74, 6) is -0.326. The van der Waals surface area contributed by atoms with E-state index in [1.807, 2.05) is 31.2 Å². The first-order valence-electron chi connectivity index (χ1n) is 9.13. The number of hydrogen-bond donors (Lipinski definition) is 3. The molecule has 26 heavy (non-hydrogen) atoms. The Morgan fingerprint density at radius 2 is 2.12 bits per heavy atom. The molecule has 1 saturated carbocycles. The molecule has 1 aliphatic heterocycles. The number of nitrogens with zero attached hydrogens (tertiary/aromatic N) is 1. The number of rotatable bonds is 5. The van der Waals surface area contributed by atoms with Crippen LogP contribution < -0.4 is 16.4 Å².